The molecule has 5 heteroatoms. The van der Waals surface area contributed by atoms with E-state index in [9.17, 15) is 4.79 Å². The molecule has 0 radical (unpaired) electrons. The molecule has 1 N–H and O–H groups in total. The van der Waals surface area contributed by atoms with E-state index in [0.717, 1.165) is 17.7 Å². The van der Waals surface area contributed by atoms with Crippen molar-refractivity contribution in [1.29, 1.82) is 0 Å². The summed E-state index contributed by atoms with van der Waals surface area (Å²) in [7, 11) is 0. The van der Waals surface area contributed by atoms with E-state index in [2.05, 4.69) is 16.1 Å². The summed E-state index contributed by atoms with van der Waals surface area (Å²) in [6.07, 6.45) is 6.56. The lowest BCUT2D eigenvalue weighted by Gasteiger charge is -1.93. The van der Waals surface area contributed by atoms with Crippen molar-refractivity contribution in [2.45, 2.75) is 13.3 Å². The van der Waals surface area contributed by atoms with Crippen LogP contribution in [0.25, 0.3) is 5.70 Å². The third kappa shape index (κ3) is 2.25. The fourth-order valence-corrected chi connectivity index (χ4v) is 2.05. The van der Waals surface area contributed by atoms with Crippen LogP contribution in [-0.2, 0) is 0 Å². The van der Waals surface area contributed by atoms with E-state index in [0.29, 0.717) is 5.01 Å². The zero-order valence-corrected chi connectivity index (χ0v) is 9.49. The number of hydrogen-bond donors (Lipinski definition) is 1. The first-order valence-corrected chi connectivity index (χ1v) is 5.65. The topological polar surface area (TPSA) is 62.5 Å². The molecule has 2 heterocycles. The Hall–Kier alpha value is -1.75. The molecule has 16 heavy (non-hydrogen) atoms. The summed E-state index contributed by atoms with van der Waals surface area (Å²) in [5, 5.41) is 10.9. The van der Waals surface area contributed by atoms with Crippen LogP contribution in [-0.4, -0.2) is 22.3 Å². The smallest absolute Gasteiger partial charge is 0.355 e. The average Bonchev–Trinajstić information content (AvgIpc) is 2.63. The minimum absolute atomic E-state index is 0.0741. The number of thiazole rings is 1. The zero-order chi connectivity index (χ0) is 11.5. The van der Waals surface area contributed by atoms with Crippen LogP contribution in [0.5, 0.6) is 0 Å². The van der Waals surface area contributed by atoms with E-state index in [1.54, 1.807) is 6.21 Å². The largest absolute Gasteiger partial charge is 0.476 e. The molecule has 0 atom stereocenters. The third-order valence-corrected chi connectivity index (χ3v) is 2.97. The van der Waals surface area contributed by atoms with Crippen LogP contribution in [0, 0.1) is 0 Å². The van der Waals surface area contributed by atoms with Crippen molar-refractivity contribution in [3.05, 3.63) is 33.8 Å². The van der Waals surface area contributed by atoms with Crippen LogP contribution in [0.2, 0.25) is 0 Å². The van der Waals surface area contributed by atoms with Crippen molar-refractivity contribution in [2.75, 3.05) is 0 Å². The molecular formula is C11H10N2O2S. The van der Waals surface area contributed by atoms with E-state index in [1.165, 1.54) is 16.7 Å². The molecule has 0 amide bonds. The number of aliphatic imine (C=N–C) groups is 1. The van der Waals surface area contributed by atoms with Gasteiger partial charge in [-0.3, -0.25) is 4.99 Å². The van der Waals surface area contributed by atoms with Crippen molar-refractivity contribution in [3.63, 3.8) is 0 Å². The molecule has 0 saturated heterocycles. The third-order valence-electron chi connectivity index (χ3n) is 2.10. The van der Waals surface area contributed by atoms with Crippen molar-refractivity contribution in [3.8, 4) is 0 Å². The Morgan fingerprint density at radius 1 is 1.50 bits per heavy atom. The van der Waals surface area contributed by atoms with Gasteiger partial charge < -0.3 is 5.11 Å². The van der Waals surface area contributed by atoms with Gasteiger partial charge in [-0.05, 0) is 18.9 Å². The summed E-state index contributed by atoms with van der Waals surface area (Å²) in [5.74, 6) is -1.00. The molecule has 1 aromatic heterocycles. The van der Waals surface area contributed by atoms with Gasteiger partial charge in [0.2, 0.25) is 0 Å². The summed E-state index contributed by atoms with van der Waals surface area (Å²) in [4.78, 5) is 19.0. The normalized spacial score (nSPS) is 15.3. The quantitative estimate of drug-likeness (QED) is 0.855. The van der Waals surface area contributed by atoms with Crippen LogP contribution < -0.4 is 0 Å². The van der Waals surface area contributed by atoms with Gasteiger partial charge in [0, 0.05) is 11.6 Å². The van der Waals surface area contributed by atoms with Crippen molar-refractivity contribution < 1.29 is 9.90 Å². The minimum Gasteiger partial charge on any atom is -0.476 e. The lowest BCUT2D eigenvalue weighted by molar-refractivity contribution is 0.0691. The number of rotatable bonds is 2. The summed E-state index contributed by atoms with van der Waals surface area (Å²) in [6.45, 7) is 1.98. The molecule has 0 aromatic carbocycles. The number of carboxylic acids is 1. The van der Waals surface area contributed by atoms with Crippen LogP contribution in [0.4, 0.5) is 0 Å². The molecule has 0 unspecified atom stereocenters. The number of allylic oxidation sites excluding steroid dienone is 3. The number of hydrogen-bond acceptors (Lipinski definition) is 4. The molecule has 0 saturated carbocycles. The second-order valence-electron chi connectivity index (χ2n) is 3.37. The predicted octanol–water partition coefficient (Wildman–Crippen LogP) is 2.60. The first-order chi connectivity index (χ1) is 7.66. The second kappa shape index (κ2) is 4.40. The lowest BCUT2D eigenvalue weighted by Crippen LogP contribution is -1.96. The van der Waals surface area contributed by atoms with Gasteiger partial charge in [-0.25, -0.2) is 9.78 Å². The molecular weight excluding hydrogens is 224 g/mol. The Bertz CT molecular complexity index is 512. The molecule has 0 aliphatic carbocycles. The summed E-state index contributed by atoms with van der Waals surface area (Å²) >= 11 is 1.30. The molecule has 1 aromatic rings. The standard InChI is InChI=1S/C11H10N2O2S/c1-7-3-2-4-8(12-5-7)10-13-9(6-16-10)11(14)15/h3-6H,2H2,1H3,(H,14,15). The highest BCUT2D eigenvalue weighted by molar-refractivity contribution is 7.11. The van der Waals surface area contributed by atoms with Crippen LogP contribution >= 0.6 is 11.3 Å². The molecule has 1 aliphatic rings. The number of aromatic nitrogens is 1. The monoisotopic (exact) mass is 234 g/mol. The maximum absolute atomic E-state index is 10.7. The van der Waals surface area contributed by atoms with Gasteiger partial charge >= 0.3 is 5.97 Å². The Labute approximate surface area is 96.7 Å². The highest BCUT2D eigenvalue weighted by Crippen LogP contribution is 2.22. The van der Waals surface area contributed by atoms with Gasteiger partial charge in [0.15, 0.2) is 5.69 Å². The number of carboxylic acid groups (broad SMARTS) is 1. The highest BCUT2D eigenvalue weighted by Gasteiger charge is 2.11. The Balaban J connectivity index is 2.28. The van der Waals surface area contributed by atoms with E-state index in [4.69, 9.17) is 5.11 Å². The van der Waals surface area contributed by atoms with Crippen molar-refractivity contribution in [1.82, 2.24) is 4.98 Å². The first-order valence-electron chi connectivity index (χ1n) is 4.77. The SMILES string of the molecule is CC1=CCC=C(c2nc(C(=O)O)cs2)N=C1. The predicted molar refractivity (Wildman–Crippen MR) is 63.9 cm³/mol. The van der Waals surface area contributed by atoms with E-state index < -0.39 is 5.97 Å². The summed E-state index contributed by atoms with van der Waals surface area (Å²) in [6, 6.07) is 0. The van der Waals surface area contributed by atoms with Gasteiger partial charge in [-0.1, -0.05) is 12.2 Å². The van der Waals surface area contributed by atoms with Gasteiger partial charge in [-0.15, -0.1) is 11.3 Å². The molecule has 2 rings (SSSR count). The first kappa shape index (κ1) is 10.8. The maximum atomic E-state index is 10.7. The number of aromatic carboxylic acids is 1. The fraction of sp³-hybridized carbons (Fsp3) is 0.182. The fourth-order valence-electron chi connectivity index (χ4n) is 1.27. The molecule has 0 fully saturated rings. The van der Waals surface area contributed by atoms with Gasteiger partial charge in [0.1, 0.15) is 5.01 Å². The van der Waals surface area contributed by atoms with Gasteiger partial charge in [0.05, 0.1) is 5.70 Å². The number of nitrogens with zero attached hydrogens (tertiary/aromatic N) is 2. The summed E-state index contributed by atoms with van der Waals surface area (Å²) in [5.41, 5.74) is 1.91. The van der Waals surface area contributed by atoms with E-state index in [1.807, 2.05) is 13.0 Å². The van der Waals surface area contributed by atoms with Gasteiger partial charge in [0.25, 0.3) is 0 Å². The molecule has 0 bridgehead atoms. The Kier molecular flexibility index (Phi) is 2.96. The zero-order valence-electron chi connectivity index (χ0n) is 8.67. The maximum Gasteiger partial charge on any atom is 0.355 e. The average molecular weight is 234 g/mol. The molecule has 1 aliphatic heterocycles. The molecule has 82 valence electrons. The Morgan fingerprint density at radius 2 is 2.31 bits per heavy atom. The van der Waals surface area contributed by atoms with E-state index >= 15 is 0 Å². The van der Waals surface area contributed by atoms with E-state index in [-0.39, 0.29) is 5.69 Å². The highest BCUT2D eigenvalue weighted by atomic mass is 32.1. The van der Waals surface area contributed by atoms with Crippen molar-refractivity contribution in [2.24, 2.45) is 4.99 Å². The van der Waals surface area contributed by atoms with Crippen LogP contribution in [0.1, 0.15) is 28.8 Å². The van der Waals surface area contributed by atoms with Gasteiger partial charge in [-0.2, -0.15) is 0 Å². The minimum atomic E-state index is -1.00. The van der Waals surface area contributed by atoms with Crippen LogP contribution in [0.3, 0.4) is 0 Å². The van der Waals surface area contributed by atoms with Crippen LogP contribution in [0.15, 0.2) is 28.1 Å². The summed E-state index contributed by atoms with van der Waals surface area (Å²) < 4.78 is 0. The molecule has 0 spiro atoms. The van der Waals surface area contributed by atoms with Crippen molar-refractivity contribution >= 4 is 29.2 Å². The molecule has 4 nitrogen and oxygen atoms in total. The lowest BCUT2D eigenvalue weighted by atomic mass is 10.2. The Morgan fingerprint density at radius 3 is 3.00 bits per heavy atom. The second-order valence-corrected chi connectivity index (χ2v) is 4.23. The number of carbonyl (C=O) groups is 1.